The summed E-state index contributed by atoms with van der Waals surface area (Å²) >= 11 is 0. The Balaban J connectivity index is 1.53. The number of methoxy groups -OCH3 is 1. The molecule has 0 atom stereocenters. The van der Waals surface area contributed by atoms with E-state index in [0.29, 0.717) is 17.3 Å². The van der Waals surface area contributed by atoms with E-state index in [2.05, 4.69) is 44.5 Å². The van der Waals surface area contributed by atoms with Crippen LogP contribution in [0.2, 0.25) is 0 Å². The summed E-state index contributed by atoms with van der Waals surface area (Å²) in [6.45, 7) is 1.69. The second-order valence-corrected chi connectivity index (χ2v) is 6.38. The smallest absolute Gasteiger partial charge is 0.337 e. The molecule has 6 nitrogen and oxygen atoms in total. The third-order valence-electron chi connectivity index (χ3n) is 4.61. The number of rotatable bonds is 4. The third-order valence-corrected chi connectivity index (χ3v) is 4.61. The number of carbonyl (C=O) groups excluding carboxylic acids is 1. The standard InChI is InChI=1S/C21H20N4O2/c1-27-20(26)16-7-4-8-18(13-16)23-19-9-11-22-21(24-19)25-12-10-15-5-2-3-6-17(15)14-25/h2-9,11,13H,10,12,14H2,1H3,(H,22,23,24). The van der Waals surface area contributed by atoms with Crippen LogP contribution in [0.15, 0.2) is 60.8 Å². The van der Waals surface area contributed by atoms with Gasteiger partial charge in [-0.1, -0.05) is 30.3 Å². The molecule has 4 rings (SSSR count). The summed E-state index contributed by atoms with van der Waals surface area (Å²) in [5.41, 5.74) is 3.97. The Morgan fingerprint density at radius 3 is 2.81 bits per heavy atom. The van der Waals surface area contributed by atoms with Crippen LogP contribution in [-0.4, -0.2) is 29.6 Å². The fourth-order valence-corrected chi connectivity index (χ4v) is 3.23. The second-order valence-electron chi connectivity index (χ2n) is 6.38. The minimum Gasteiger partial charge on any atom is -0.465 e. The lowest BCUT2D eigenvalue weighted by atomic mass is 10.0. The molecule has 0 spiro atoms. The number of aromatic nitrogens is 2. The van der Waals surface area contributed by atoms with Crippen molar-refractivity contribution in [2.75, 3.05) is 23.9 Å². The normalized spacial score (nSPS) is 13.0. The van der Waals surface area contributed by atoms with Crippen molar-refractivity contribution in [2.45, 2.75) is 13.0 Å². The van der Waals surface area contributed by atoms with Crippen LogP contribution in [0.4, 0.5) is 17.5 Å². The minimum absolute atomic E-state index is 0.367. The van der Waals surface area contributed by atoms with Gasteiger partial charge in [0.2, 0.25) is 5.95 Å². The monoisotopic (exact) mass is 360 g/mol. The van der Waals surface area contributed by atoms with Crippen molar-refractivity contribution in [2.24, 2.45) is 0 Å². The molecule has 1 aliphatic heterocycles. The number of nitrogens with zero attached hydrogens (tertiary/aromatic N) is 3. The zero-order valence-corrected chi connectivity index (χ0v) is 15.1. The molecule has 0 unspecified atom stereocenters. The van der Waals surface area contributed by atoms with Crippen LogP contribution in [0, 0.1) is 0 Å². The predicted molar refractivity (Wildman–Crippen MR) is 104 cm³/mol. The number of anilines is 3. The maximum Gasteiger partial charge on any atom is 0.337 e. The molecule has 136 valence electrons. The number of ether oxygens (including phenoxy) is 1. The van der Waals surface area contributed by atoms with Gasteiger partial charge in [0.05, 0.1) is 12.7 Å². The van der Waals surface area contributed by atoms with Crippen molar-refractivity contribution in [3.8, 4) is 0 Å². The van der Waals surface area contributed by atoms with Gasteiger partial charge in [-0.15, -0.1) is 0 Å². The molecule has 27 heavy (non-hydrogen) atoms. The Morgan fingerprint density at radius 1 is 1.11 bits per heavy atom. The van der Waals surface area contributed by atoms with Gasteiger partial charge in [-0.3, -0.25) is 0 Å². The Labute approximate surface area is 157 Å². The molecule has 3 aromatic rings. The molecular formula is C21H20N4O2. The number of nitrogens with one attached hydrogen (secondary N) is 1. The molecule has 0 amide bonds. The van der Waals surface area contributed by atoms with Crippen molar-refractivity contribution < 1.29 is 9.53 Å². The first-order valence-corrected chi connectivity index (χ1v) is 8.83. The zero-order chi connectivity index (χ0) is 18.6. The summed E-state index contributed by atoms with van der Waals surface area (Å²) in [5, 5.41) is 3.24. The Bertz CT molecular complexity index is 974. The zero-order valence-electron chi connectivity index (χ0n) is 15.1. The van der Waals surface area contributed by atoms with Crippen LogP contribution in [0.1, 0.15) is 21.5 Å². The predicted octanol–water partition coefficient (Wildman–Crippen LogP) is 3.57. The van der Waals surface area contributed by atoms with Crippen molar-refractivity contribution in [1.29, 1.82) is 0 Å². The molecule has 1 N–H and O–H groups in total. The number of carbonyl (C=O) groups is 1. The van der Waals surface area contributed by atoms with E-state index in [1.807, 2.05) is 12.1 Å². The lowest BCUT2D eigenvalue weighted by Gasteiger charge is -2.28. The van der Waals surface area contributed by atoms with Crippen LogP contribution in [0.3, 0.4) is 0 Å². The van der Waals surface area contributed by atoms with Gasteiger partial charge in [0.25, 0.3) is 0 Å². The molecule has 0 saturated carbocycles. The highest BCUT2D eigenvalue weighted by Crippen LogP contribution is 2.23. The maximum atomic E-state index is 11.7. The highest BCUT2D eigenvalue weighted by atomic mass is 16.5. The molecule has 0 bridgehead atoms. The first kappa shape index (κ1) is 17.0. The highest BCUT2D eigenvalue weighted by molar-refractivity contribution is 5.90. The highest BCUT2D eigenvalue weighted by Gasteiger charge is 2.18. The number of benzene rings is 2. The van der Waals surface area contributed by atoms with E-state index in [0.717, 1.165) is 25.2 Å². The first-order chi connectivity index (χ1) is 13.2. The maximum absolute atomic E-state index is 11.7. The molecule has 2 aromatic carbocycles. The van der Waals surface area contributed by atoms with Gasteiger partial charge in [0.15, 0.2) is 0 Å². The molecule has 1 aromatic heterocycles. The lowest BCUT2D eigenvalue weighted by Crippen LogP contribution is -2.31. The number of hydrogen-bond acceptors (Lipinski definition) is 6. The largest absolute Gasteiger partial charge is 0.465 e. The average Bonchev–Trinajstić information content (AvgIpc) is 2.73. The van der Waals surface area contributed by atoms with E-state index in [9.17, 15) is 4.79 Å². The Morgan fingerprint density at radius 2 is 1.96 bits per heavy atom. The fraction of sp³-hybridized carbons (Fsp3) is 0.190. The van der Waals surface area contributed by atoms with Crippen molar-refractivity contribution in [3.63, 3.8) is 0 Å². The van der Waals surface area contributed by atoms with Gasteiger partial charge in [0.1, 0.15) is 5.82 Å². The lowest BCUT2D eigenvalue weighted by molar-refractivity contribution is 0.0601. The fourth-order valence-electron chi connectivity index (χ4n) is 3.23. The van der Waals surface area contributed by atoms with Gasteiger partial charge >= 0.3 is 5.97 Å². The number of fused-ring (bicyclic) bond motifs is 1. The van der Waals surface area contributed by atoms with E-state index in [4.69, 9.17) is 4.74 Å². The first-order valence-electron chi connectivity index (χ1n) is 8.83. The summed E-state index contributed by atoms with van der Waals surface area (Å²) in [6.07, 6.45) is 2.73. The number of hydrogen-bond donors (Lipinski definition) is 1. The Hall–Kier alpha value is -3.41. The summed E-state index contributed by atoms with van der Waals surface area (Å²) in [6, 6.07) is 17.4. The van der Waals surface area contributed by atoms with Gasteiger partial charge in [0, 0.05) is 25.0 Å². The molecule has 0 aliphatic carbocycles. The minimum atomic E-state index is -0.367. The van der Waals surface area contributed by atoms with E-state index < -0.39 is 0 Å². The van der Waals surface area contributed by atoms with E-state index >= 15 is 0 Å². The molecule has 0 saturated heterocycles. The van der Waals surface area contributed by atoms with Crippen molar-refractivity contribution in [3.05, 3.63) is 77.5 Å². The SMILES string of the molecule is COC(=O)c1cccc(Nc2ccnc(N3CCc4ccccc4C3)n2)c1. The van der Waals surface area contributed by atoms with Gasteiger partial charge < -0.3 is 15.0 Å². The van der Waals surface area contributed by atoms with Crippen molar-refractivity contribution >= 4 is 23.4 Å². The summed E-state index contributed by atoms with van der Waals surface area (Å²) in [7, 11) is 1.37. The van der Waals surface area contributed by atoms with Crippen LogP contribution in [-0.2, 0) is 17.7 Å². The van der Waals surface area contributed by atoms with Crippen molar-refractivity contribution in [1.82, 2.24) is 9.97 Å². The molecule has 0 fully saturated rings. The van der Waals surface area contributed by atoms with Crippen LogP contribution >= 0.6 is 0 Å². The van der Waals surface area contributed by atoms with Gasteiger partial charge in [-0.25, -0.2) is 9.78 Å². The van der Waals surface area contributed by atoms with E-state index in [-0.39, 0.29) is 5.97 Å². The topological polar surface area (TPSA) is 67.3 Å². The van der Waals surface area contributed by atoms with Gasteiger partial charge in [-0.05, 0) is 41.8 Å². The summed E-state index contributed by atoms with van der Waals surface area (Å²) < 4.78 is 4.77. The number of esters is 1. The van der Waals surface area contributed by atoms with Crippen LogP contribution < -0.4 is 10.2 Å². The van der Waals surface area contributed by atoms with Crippen LogP contribution in [0.25, 0.3) is 0 Å². The average molecular weight is 360 g/mol. The molecule has 0 radical (unpaired) electrons. The summed E-state index contributed by atoms with van der Waals surface area (Å²) in [4.78, 5) is 23.0. The second kappa shape index (κ2) is 7.45. The van der Waals surface area contributed by atoms with Gasteiger partial charge in [-0.2, -0.15) is 4.98 Å². The molecular weight excluding hydrogens is 340 g/mol. The van der Waals surface area contributed by atoms with Crippen LogP contribution in [0.5, 0.6) is 0 Å². The quantitative estimate of drug-likeness (QED) is 0.718. The molecule has 2 heterocycles. The summed E-state index contributed by atoms with van der Waals surface area (Å²) in [5.74, 6) is 1.01. The Kier molecular flexibility index (Phi) is 4.70. The van der Waals surface area contributed by atoms with E-state index in [1.54, 1.807) is 24.4 Å². The van der Waals surface area contributed by atoms with E-state index in [1.165, 1.54) is 18.2 Å². The third kappa shape index (κ3) is 3.74. The molecule has 1 aliphatic rings. The molecule has 6 heteroatoms.